The van der Waals surface area contributed by atoms with Gasteiger partial charge in [0.2, 0.25) is 0 Å². The Morgan fingerprint density at radius 2 is 2.15 bits per heavy atom. The van der Waals surface area contributed by atoms with E-state index in [0.717, 1.165) is 12.8 Å². The minimum atomic E-state index is -0.878. The minimum absolute atomic E-state index is 0.217. The van der Waals surface area contributed by atoms with Gasteiger partial charge in [-0.25, -0.2) is 4.79 Å². The number of carbonyl (C=O) groups excluding carboxylic acids is 1. The molecule has 0 unspecified atom stereocenters. The van der Waals surface area contributed by atoms with E-state index in [1.54, 1.807) is 6.07 Å². The number of carboxylic acid groups (broad SMARTS) is 1. The molecule has 1 saturated heterocycles. The Hall–Kier alpha value is -2.31. The highest BCUT2D eigenvalue weighted by Gasteiger charge is 2.22. The molecule has 4 N–H and O–H groups in total. The number of anilines is 1. The summed E-state index contributed by atoms with van der Waals surface area (Å²) < 4.78 is 0. The smallest absolute Gasteiger partial charge is 0.407 e. The van der Waals surface area contributed by atoms with Gasteiger partial charge in [-0.15, -0.1) is 0 Å². The fraction of sp³-hybridized carbons (Fsp3) is 0.462. The zero-order chi connectivity index (χ0) is 14.5. The Balaban J connectivity index is 1.80. The zero-order valence-electron chi connectivity index (χ0n) is 11.1. The van der Waals surface area contributed by atoms with Gasteiger partial charge in [0.15, 0.2) is 0 Å². The Bertz CT molecular complexity index is 498. The predicted molar refractivity (Wildman–Crippen MR) is 73.3 cm³/mol. The summed E-state index contributed by atoms with van der Waals surface area (Å²) in [4.78, 5) is 28.0. The standard InChI is InChI=1S/C13H18N4O3/c14-11-8-15-4-1-10(11)12(18)16-7-9-2-5-17(6-3-9)13(19)20/h1,4,8-9H,2-3,5-7,14H2,(H,16,18)(H,19,20). The topological polar surface area (TPSA) is 109 Å². The molecule has 2 rings (SSSR count). The number of pyridine rings is 1. The summed E-state index contributed by atoms with van der Waals surface area (Å²) in [6, 6.07) is 1.58. The van der Waals surface area contributed by atoms with Crippen molar-refractivity contribution in [3.8, 4) is 0 Å². The first-order valence-electron chi connectivity index (χ1n) is 6.53. The van der Waals surface area contributed by atoms with Crippen molar-refractivity contribution in [1.82, 2.24) is 15.2 Å². The number of piperidine rings is 1. The van der Waals surface area contributed by atoms with E-state index >= 15 is 0 Å². The van der Waals surface area contributed by atoms with Crippen molar-refractivity contribution in [3.05, 3.63) is 24.0 Å². The van der Waals surface area contributed by atoms with E-state index in [1.807, 2.05) is 0 Å². The lowest BCUT2D eigenvalue weighted by Gasteiger charge is -2.30. The van der Waals surface area contributed by atoms with E-state index in [0.29, 0.717) is 36.8 Å². The lowest BCUT2D eigenvalue weighted by molar-refractivity contribution is 0.0929. The molecule has 0 aromatic carbocycles. The molecule has 108 valence electrons. The number of nitrogens with two attached hydrogens (primary N) is 1. The predicted octanol–water partition coefficient (Wildman–Crippen LogP) is 0.784. The van der Waals surface area contributed by atoms with Crippen molar-refractivity contribution in [2.24, 2.45) is 5.92 Å². The van der Waals surface area contributed by atoms with Gasteiger partial charge in [-0.1, -0.05) is 0 Å². The summed E-state index contributed by atoms with van der Waals surface area (Å²) in [6.07, 6.45) is 3.62. The molecule has 1 fully saturated rings. The third-order valence-electron chi connectivity index (χ3n) is 3.53. The Morgan fingerprint density at radius 3 is 2.75 bits per heavy atom. The van der Waals surface area contributed by atoms with E-state index < -0.39 is 6.09 Å². The van der Waals surface area contributed by atoms with E-state index in [2.05, 4.69) is 10.3 Å². The number of likely N-dealkylation sites (tertiary alicyclic amines) is 1. The fourth-order valence-electron chi connectivity index (χ4n) is 2.27. The molecule has 7 heteroatoms. The first-order chi connectivity index (χ1) is 9.58. The molecule has 20 heavy (non-hydrogen) atoms. The summed E-state index contributed by atoms with van der Waals surface area (Å²) >= 11 is 0. The van der Waals surface area contributed by atoms with Crippen LogP contribution >= 0.6 is 0 Å². The number of amides is 2. The molecule has 0 radical (unpaired) electrons. The largest absolute Gasteiger partial charge is 0.465 e. The van der Waals surface area contributed by atoms with Gasteiger partial charge >= 0.3 is 6.09 Å². The molecule has 1 aliphatic rings. The van der Waals surface area contributed by atoms with Gasteiger partial charge in [0.05, 0.1) is 17.4 Å². The monoisotopic (exact) mass is 278 g/mol. The third-order valence-corrected chi connectivity index (χ3v) is 3.53. The number of hydrogen-bond donors (Lipinski definition) is 3. The molecular formula is C13H18N4O3. The van der Waals surface area contributed by atoms with Gasteiger partial charge in [0.25, 0.3) is 5.91 Å². The number of aromatic nitrogens is 1. The molecule has 0 saturated carbocycles. The van der Waals surface area contributed by atoms with Crippen LogP contribution in [0.1, 0.15) is 23.2 Å². The van der Waals surface area contributed by atoms with Crippen molar-refractivity contribution in [1.29, 1.82) is 0 Å². The van der Waals surface area contributed by atoms with Gasteiger partial charge in [-0.3, -0.25) is 9.78 Å². The van der Waals surface area contributed by atoms with E-state index in [-0.39, 0.29) is 5.91 Å². The number of carbonyl (C=O) groups is 2. The maximum Gasteiger partial charge on any atom is 0.407 e. The SMILES string of the molecule is Nc1cnccc1C(=O)NCC1CCN(C(=O)O)CC1. The summed E-state index contributed by atoms with van der Waals surface area (Å²) in [5.74, 6) is 0.0863. The third kappa shape index (κ3) is 3.37. The molecule has 1 aliphatic heterocycles. The molecule has 1 aromatic rings. The number of nitrogens with one attached hydrogen (secondary N) is 1. The maximum absolute atomic E-state index is 12.0. The molecule has 2 heterocycles. The van der Waals surface area contributed by atoms with E-state index in [9.17, 15) is 9.59 Å². The van der Waals surface area contributed by atoms with E-state index in [4.69, 9.17) is 10.8 Å². The van der Waals surface area contributed by atoms with Crippen LogP contribution in [0.5, 0.6) is 0 Å². The Kier molecular flexibility index (Phi) is 4.39. The molecule has 7 nitrogen and oxygen atoms in total. The normalized spacial score (nSPS) is 15.9. The van der Waals surface area contributed by atoms with Crippen LogP contribution in [0.4, 0.5) is 10.5 Å². The summed E-state index contributed by atoms with van der Waals surface area (Å²) in [6.45, 7) is 1.58. The Labute approximate surface area is 116 Å². The quantitative estimate of drug-likeness (QED) is 0.757. The second kappa shape index (κ2) is 6.23. The minimum Gasteiger partial charge on any atom is -0.465 e. The molecule has 0 aliphatic carbocycles. The van der Waals surface area contributed by atoms with Crippen molar-refractivity contribution in [3.63, 3.8) is 0 Å². The second-order valence-corrected chi connectivity index (χ2v) is 4.89. The first-order valence-corrected chi connectivity index (χ1v) is 6.53. The number of nitrogen functional groups attached to an aromatic ring is 1. The first kappa shape index (κ1) is 14.1. The van der Waals surface area contributed by atoms with Gasteiger partial charge in [-0.05, 0) is 24.8 Å². The van der Waals surface area contributed by atoms with Crippen molar-refractivity contribution in [2.75, 3.05) is 25.4 Å². The van der Waals surface area contributed by atoms with Gasteiger partial charge in [0.1, 0.15) is 0 Å². The van der Waals surface area contributed by atoms with Crippen molar-refractivity contribution < 1.29 is 14.7 Å². The average molecular weight is 278 g/mol. The van der Waals surface area contributed by atoms with Crippen LogP contribution in [-0.4, -0.2) is 46.6 Å². The highest BCUT2D eigenvalue weighted by molar-refractivity contribution is 5.98. The fourth-order valence-corrected chi connectivity index (χ4v) is 2.27. The van der Waals surface area contributed by atoms with Crippen LogP contribution in [0.15, 0.2) is 18.5 Å². The molecule has 2 amide bonds. The summed E-state index contributed by atoms with van der Waals surface area (Å²) in [7, 11) is 0. The highest BCUT2D eigenvalue weighted by Crippen LogP contribution is 2.17. The molecule has 1 aromatic heterocycles. The lowest BCUT2D eigenvalue weighted by atomic mass is 9.97. The molecule has 0 spiro atoms. The van der Waals surface area contributed by atoms with Crippen LogP contribution in [-0.2, 0) is 0 Å². The van der Waals surface area contributed by atoms with Gasteiger partial charge in [-0.2, -0.15) is 0 Å². The molecule has 0 atom stereocenters. The zero-order valence-corrected chi connectivity index (χ0v) is 11.1. The summed E-state index contributed by atoms with van der Waals surface area (Å²) in [5, 5.41) is 11.7. The van der Waals surface area contributed by atoms with Crippen LogP contribution in [0.2, 0.25) is 0 Å². The Morgan fingerprint density at radius 1 is 1.45 bits per heavy atom. The van der Waals surface area contributed by atoms with Crippen LogP contribution in [0, 0.1) is 5.92 Å². The second-order valence-electron chi connectivity index (χ2n) is 4.89. The van der Waals surface area contributed by atoms with Crippen molar-refractivity contribution in [2.45, 2.75) is 12.8 Å². The van der Waals surface area contributed by atoms with Crippen LogP contribution in [0.25, 0.3) is 0 Å². The summed E-state index contributed by atoms with van der Waals surface area (Å²) in [5.41, 5.74) is 6.46. The van der Waals surface area contributed by atoms with Gasteiger partial charge in [0, 0.05) is 25.8 Å². The number of hydrogen-bond acceptors (Lipinski definition) is 4. The van der Waals surface area contributed by atoms with Gasteiger partial charge < -0.3 is 21.1 Å². The average Bonchev–Trinajstić information content (AvgIpc) is 2.45. The molecular weight excluding hydrogens is 260 g/mol. The van der Waals surface area contributed by atoms with Crippen molar-refractivity contribution >= 4 is 17.7 Å². The number of rotatable bonds is 3. The lowest BCUT2D eigenvalue weighted by Crippen LogP contribution is -2.41. The maximum atomic E-state index is 12.0. The molecule has 0 bridgehead atoms. The number of nitrogens with zero attached hydrogens (tertiary/aromatic N) is 2. The van der Waals surface area contributed by atoms with Crippen LogP contribution in [0.3, 0.4) is 0 Å². The van der Waals surface area contributed by atoms with E-state index in [1.165, 1.54) is 17.3 Å². The highest BCUT2D eigenvalue weighted by atomic mass is 16.4. The van der Waals surface area contributed by atoms with Crippen LogP contribution < -0.4 is 11.1 Å².